The third kappa shape index (κ3) is 1.97. The van der Waals surface area contributed by atoms with Crippen molar-refractivity contribution in [1.82, 2.24) is 4.98 Å². The van der Waals surface area contributed by atoms with Gasteiger partial charge in [0.05, 0.1) is 23.1 Å². The summed E-state index contributed by atoms with van der Waals surface area (Å²) in [7, 11) is 0. The van der Waals surface area contributed by atoms with Crippen molar-refractivity contribution >= 4 is 28.6 Å². The van der Waals surface area contributed by atoms with Gasteiger partial charge in [-0.05, 0) is 18.6 Å². The molecule has 5 heteroatoms. The molecule has 2 aromatic rings. The van der Waals surface area contributed by atoms with Crippen molar-refractivity contribution in [3.63, 3.8) is 0 Å². The molecule has 0 atom stereocenters. The average Bonchev–Trinajstić information content (AvgIpc) is 2.85. The zero-order valence-electron chi connectivity index (χ0n) is 9.80. The predicted octanol–water partition coefficient (Wildman–Crippen LogP) is 2.61. The Labute approximate surface area is 109 Å². The van der Waals surface area contributed by atoms with Gasteiger partial charge in [0.15, 0.2) is 0 Å². The van der Waals surface area contributed by atoms with E-state index in [0.717, 1.165) is 30.9 Å². The largest absolute Gasteiger partial charge is 0.383 e. The molecule has 1 N–H and O–H groups in total. The maximum absolute atomic E-state index is 12.4. The Morgan fingerprint density at radius 1 is 1.39 bits per heavy atom. The highest BCUT2D eigenvalue weighted by Crippen LogP contribution is 2.29. The molecule has 2 heterocycles. The average molecular weight is 259 g/mol. The van der Waals surface area contributed by atoms with Crippen LogP contribution in [0.25, 0.3) is 0 Å². The highest BCUT2D eigenvalue weighted by atomic mass is 32.1. The van der Waals surface area contributed by atoms with Crippen LogP contribution in [0.3, 0.4) is 0 Å². The van der Waals surface area contributed by atoms with Gasteiger partial charge in [-0.1, -0.05) is 12.1 Å². The zero-order valence-corrected chi connectivity index (χ0v) is 10.6. The van der Waals surface area contributed by atoms with Crippen molar-refractivity contribution in [3.05, 3.63) is 40.8 Å². The number of rotatable bonds is 1. The molecular formula is C13H13N3OS. The third-order valence-corrected chi connectivity index (χ3v) is 3.72. The predicted molar refractivity (Wildman–Crippen MR) is 73.3 cm³/mol. The van der Waals surface area contributed by atoms with E-state index in [0.29, 0.717) is 4.88 Å². The second kappa shape index (κ2) is 4.78. The molecule has 3 rings (SSSR count). The smallest absolute Gasteiger partial charge is 0.270 e. The summed E-state index contributed by atoms with van der Waals surface area (Å²) in [6.45, 7) is 1.63. The molecule has 0 unspecified atom stereocenters. The van der Waals surface area contributed by atoms with E-state index in [4.69, 9.17) is 0 Å². The lowest BCUT2D eigenvalue weighted by molar-refractivity contribution is 0.0991. The number of thiazole rings is 1. The molecule has 0 saturated carbocycles. The maximum Gasteiger partial charge on any atom is 0.270 e. The standard InChI is InChI=1S/C13H13N3OS/c17-13(12-8-14-9-18-12)16-7-3-6-15-10-4-1-2-5-11(10)16/h1-2,4-5,8-9,15H,3,6-7H2. The van der Waals surface area contributed by atoms with E-state index in [9.17, 15) is 4.79 Å². The molecule has 0 bridgehead atoms. The van der Waals surface area contributed by atoms with E-state index in [1.807, 2.05) is 29.2 Å². The van der Waals surface area contributed by atoms with Crippen molar-refractivity contribution in [2.45, 2.75) is 6.42 Å². The third-order valence-electron chi connectivity index (χ3n) is 2.96. The Balaban J connectivity index is 1.99. The van der Waals surface area contributed by atoms with Crippen LogP contribution in [0, 0.1) is 0 Å². The number of fused-ring (bicyclic) bond motifs is 1. The first kappa shape index (κ1) is 11.2. The van der Waals surface area contributed by atoms with Gasteiger partial charge in [0.1, 0.15) is 4.88 Å². The summed E-state index contributed by atoms with van der Waals surface area (Å²) in [5, 5.41) is 3.35. The Kier molecular flexibility index (Phi) is 2.98. The molecule has 0 aliphatic carbocycles. The van der Waals surface area contributed by atoms with E-state index in [1.54, 1.807) is 11.7 Å². The quantitative estimate of drug-likeness (QED) is 0.856. The lowest BCUT2D eigenvalue weighted by atomic mass is 10.2. The van der Waals surface area contributed by atoms with Gasteiger partial charge in [-0.25, -0.2) is 0 Å². The van der Waals surface area contributed by atoms with Crippen LogP contribution in [0.15, 0.2) is 36.0 Å². The van der Waals surface area contributed by atoms with Crippen LogP contribution in [0.1, 0.15) is 16.1 Å². The Bertz CT molecular complexity index is 553. The van der Waals surface area contributed by atoms with Crippen molar-refractivity contribution in [1.29, 1.82) is 0 Å². The summed E-state index contributed by atoms with van der Waals surface area (Å²) in [6.07, 6.45) is 2.58. The van der Waals surface area contributed by atoms with Gasteiger partial charge in [0, 0.05) is 13.1 Å². The molecule has 1 aromatic heterocycles. The monoisotopic (exact) mass is 259 g/mol. The maximum atomic E-state index is 12.4. The van der Waals surface area contributed by atoms with E-state index in [2.05, 4.69) is 10.3 Å². The Morgan fingerprint density at radius 2 is 2.28 bits per heavy atom. The highest BCUT2D eigenvalue weighted by Gasteiger charge is 2.22. The summed E-state index contributed by atoms with van der Waals surface area (Å²) in [6, 6.07) is 7.92. The van der Waals surface area contributed by atoms with Crippen LogP contribution in [-0.4, -0.2) is 24.0 Å². The number of nitrogens with zero attached hydrogens (tertiary/aromatic N) is 2. The van der Waals surface area contributed by atoms with E-state index >= 15 is 0 Å². The number of amides is 1. The number of hydrogen-bond acceptors (Lipinski definition) is 4. The van der Waals surface area contributed by atoms with Gasteiger partial charge in [0.2, 0.25) is 0 Å². The molecule has 0 fully saturated rings. The molecule has 1 aliphatic rings. The van der Waals surface area contributed by atoms with Crippen LogP contribution < -0.4 is 10.2 Å². The van der Waals surface area contributed by atoms with Gasteiger partial charge in [-0.3, -0.25) is 9.78 Å². The Morgan fingerprint density at radius 3 is 3.11 bits per heavy atom. The summed E-state index contributed by atoms with van der Waals surface area (Å²) >= 11 is 1.38. The number of aromatic nitrogens is 1. The van der Waals surface area contributed by atoms with Crippen LogP contribution in [-0.2, 0) is 0 Å². The SMILES string of the molecule is O=C(c1cncs1)N1CCCNc2ccccc21. The fourth-order valence-corrected chi connectivity index (χ4v) is 2.67. The molecule has 1 aromatic carbocycles. The van der Waals surface area contributed by atoms with Crippen LogP contribution in [0.5, 0.6) is 0 Å². The second-order valence-corrected chi connectivity index (χ2v) is 5.01. The summed E-state index contributed by atoms with van der Waals surface area (Å²) in [5.74, 6) is 0.0358. The summed E-state index contributed by atoms with van der Waals surface area (Å²) in [5.41, 5.74) is 3.66. The molecule has 0 saturated heterocycles. The summed E-state index contributed by atoms with van der Waals surface area (Å²) in [4.78, 5) is 18.9. The number of hydrogen-bond donors (Lipinski definition) is 1. The number of benzene rings is 1. The van der Waals surface area contributed by atoms with Crippen molar-refractivity contribution in [2.75, 3.05) is 23.3 Å². The van der Waals surface area contributed by atoms with Crippen molar-refractivity contribution in [2.24, 2.45) is 0 Å². The fourth-order valence-electron chi connectivity index (χ4n) is 2.10. The second-order valence-electron chi connectivity index (χ2n) is 4.12. The van der Waals surface area contributed by atoms with Crippen LogP contribution in [0.4, 0.5) is 11.4 Å². The minimum Gasteiger partial charge on any atom is -0.383 e. The first-order chi connectivity index (χ1) is 8.86. The Hall–Kier alpha value is -1.88. The fraction of sp³-hybridized carbons (Fsp3) is 0.231. The van der Waals surface area contributed by atoms with Gasteiger partial charge in [-0.2, -0.15) is 0 Å². The molecule has 0 radical (unpaired) electrons. The van der Waals surface area contributed by atoms with Crippen LogP contribution in [0.2, 0.25) is 0 Å². The number of carbonyl (C=O) groups is 1. The van der Waals surface area contributed by atoms with E-state index in [-0.39, 0.29) is 5.91 Å². The first-order valence-corrected chi connectivity index (χ1v) is 6.77. The van der Waals surface area contributed by atoms with Gasteiger partial charge in [0.25, 0.3) is 5.91 Å². The van der Waals surface area contributed by atoms with Gasteiger partial charge >= 0.3 is 0 Å². The number of para-hydroxylation sites is 2. The molecule has 1 amide bonds. The van der Waals surface area contributed by atoms with Gasteiger partial charge in [-0.15, -0.1) is 11.3 Å². The molecule has 92 valence electrons. The highest BCUT2D eigenvalue weighted by molar-refractivity contribution is 7.11. The molecule has 0 spiro atoms. The van der Waals surface area contributed by atoms with Gasteiger partial charge < -0.3 is 10.2 Å². The number of anilines is 2. The van der Waals surface area contributed by atoms with E-state index in [1.165, 1.54) is 11.3 Å². The lowest BCUT2D eigenvalue weighted by Gasteiger charge is -2.21. The minimum absolute atomic E-state index is 0.0358. The molecule has 4 nitrogen and oxygen atoms in total. The van der Waals surface area contributed by atoms with Crippen LogP contribution >= 0.6 is 11.3 Å². The first-order valence-electron chi connectivity index (χ1n) is 5.89. The molecule has 1 aliphatic heterocycles. The normalized spacial score (nSPS) is 14.6. The van der Waals surface area contributed by atoms with Crippen molar-refractivity contribution < 1.29 is 4.79 Å². The summed E-state index contributed by atoms with van der Waals surface area (Å²) < 4.78 is 0. The minimum atomic E-state index is 0.0358. The van der Waals surface area contributed by atoms with E-state index < -0.39 is 0 Å². The topological polar surface area (TPSA) is 45.2 Å². The number of nitrogens with one attached hydrogen (secondary N) is 1. The zero-order chi connectivity index (χ0) is 12.4. The molecule has 18 heavy (non-hydrogen) atoms. The lowest BCUT2D eigenvalue weighted by Crippen LogP contribution is -2.30. The number of carbonyl (C=O) groups excluding carboxylic acids is 1. The molecular weight excluding hydrogens is 246 g/mol. The van der Waals surface area contributed by atoms with Crippen molar-refractivity contribution in [3.8, 4) is 0 Å².